The Morgan fingerprint density at radius 2 is 1.65 bits per heavy atom. The molecule has 0 aliphatic carbocycles. The van der Waals surface area contributed by atoms with E-state index in [0.29, 0.717) is 19.4 Å². The van der Waals surface area contributed by atoms with Gasteiger partial charge in [-0.2, -0.15) is 4.31 Å². The summed E-state index contributed by atoms with van der Waals surface area (Å²) in [5.74, 6) is -0.173. The van der Waals surface area contributed by atoms with Crippen molar-refractivity contribution in [2.24, 2.45) is 0 Å². The van der Waals surface area contributed by atoms with E-state index in [-0.39, 0.29) is 16.8 Å². The minimum absolute atomic E-state index is 0.0795. The zero-order chi connectivity index (χ0) is 21.8. The highest BCUT2D eigenvalue weighted by atomic mass is 35.5. The molecule has 2 aliphatic rings. The van der Waals surface area contributed by atoms with Crippen LogP contribution < -0.4 is 5.32 Å². The molecule has 2 heterocycles. The van der Waals surface area contributed by atoms with Gasteiger partial charge < -0.3 is 5.32 Å². The Bertz CT molecular complexity index is 990. The lowest BCUT2D eigenvalue weighted by molar-refractivity contribution is -0.125. The van der Waals surface area contributed by atoms with Crippen LogP contribution >= 0.6 is 11.6 Å². The number of rotatable bonds is 6. The molecule has 2 aromatic carbocycles. The number of hydrogen-bond acceptors (Lipinski definition) is 4. The molecule has 8 heteroatoms. The van der Waals surface area contributed by atoms with Crippen LogP contribution in [0.4, 0.5) is 0 Å². The van der Waals surface area contributed by atoms with Crippen molar-refractivity contribution in [1.82, 2.24) is 14.5 Å². The predicted molar refractivity (Wildman–Crippen MR) is 121 cm³/mol. The number of piperidine rings is 1. The molecule has 0 spiro atoms. The number of halogens is 1. The molecule has 6 nitrogen and oxygen atoms in total. The van der Waals surface area contributed by atoms with Gasteiger partial charge in [-0.05, 0) is 55.5 Å². The minimum atomic E-state index is -3.67. The average molecular weight is 462 g/mol. The zero-order valence-corrected chi connectivity index (χ0v) is 19.0. The topological polar surface area (TPSA) is 69.7 Å². The van der Waals surface area contributed by atoms with Gasteiger partial charge in [0.2, 0.25) is 15.9 Å². The van der Waals surface area contributed by atoms with E-state index in [9.17, 15) is 13.2 Å². The molecule has 1 atom stereocenters. The summed E-state index contributed by atoms with van der Waals surface area (Å²) in [6.07, 6.45) is 2.98. The second-order valence-corrected chi connectivity index (χ2v) is 10.6. The Kier molecular flexibility index (Phi) is 6.96. The molecule has 1 N–H and O–H groups in total. The summed E-state index contributed by atoms with van der Waals surface area (Å²) in [4.78, 5) is 15.6. The number of hydrogen-bond donors (Lipinski definition) is 1. The number of nitrogens with zero attached hydrogens (tertiary/aromatic N) is 2. The van der Waals surface area contributed by atoms with Crippen molar-refractivity contribution in [3.8, 4) is 0 Å². The molecule has 2 saturated heterocycles. The van der Waals surface area contributed by atoms with Gasteiger partial charge in [0.05, 0.1) is 4.90 Å². The van der Waals surface area contributed by atoms with E-state index in [4.69, 9.17) is 11.6 Å². The Labute approximate surface area is 189 Å². The minimum Gasteiger partial charge on any atom is -0.352 e. The Morgan fingerprint density at radius 3 is 2.32 bits per heavy atom. The third-order valence-electron chi connectivity index (χ3n) is 6.11. The van der Waals surface area contributed by atoms with E-state index >= 15 is 0 Å². The van der Waals surface area contributed by atoms with Crippen LogP contribution in [-0.2, 0) is 21.4 Å². The van der Waals surface area contributed by atoms with Crippen molar-refractivity contribution in [2.45, 2.75) is 49.2 Å². The molecule has 4 rings (SSSR count). The maximum Gasteiger partial charge on any atom is 0.243 e. The number of nitrogens with one attached hydrogen (secondary N) is 1. The van der Waals surface area contributed by atoms with Crippen LogP contribution in [0, 0.1) is 0 Å². The molecule has 2 fully saturated rings. The number of amides is 1. The van der Waals surface area contributed by atoms with Gasteiger partial charge in [-0.15, -0.1) is 0 Å². The summed E-state index contributed by atoms with van der Waals surface area (Å²) in [5, 5.41) is 3.85. The summed E-state index contributed by atoms with van der Waals surface area (Å²) in [7, 11) is -3.67. The molecule has 2 aliphatic heterocycles. The van der Waals surface area contributed by atoms with Gasteiger partial charge in [0.1, 0.15) is 6.04 Å². The number of likely N-dealkylation sites (tertiary alicyclic amines) is 1. The van der Waals surface area contributed by atoms with Crippen LogP contribution in [0.3, 0.4) is 0 Å². The van der Waals surface area contributed by atoms with Gasteiger partial charge in [0.15, 0.2) is 0 Å². The first-order chi connectivity index (χ1) is 14.9. The van der Waals surface area contributed by atoms with E-state index in [1.54, 1.807) is 30.3 Å². The van der Waals surface area contributed by atoms with E-state index in [1.807, 2.05) is 24.3 Å². The van der Waals surface area contributed by atoms with Crippen molar-refractivity contribution in [1.29, 1.82) is 0 Å². The van der Waals surface area contributed by atoms with E-state index < -0.39 is 16.1 Å². The monoisotopic (exact) mass is 461 g/mol. The number of benzene rings is 2. The fraction of sp³-hybridized carbons (Fsp3) is 0.435. The molecule has 0 saturated carbocycles. The van der Waals surface area contributed by atoms with Crippen molar-refractivity contribution in [3.63, 3.8) is 0 Å². The molecule has 0 aromatic heterocycles. The molecule has 31 heavy (non-hydrogen) atoms. The first-order valence-corrected chi connectivity index (χ1v) is 12.6. The first kappa shape index (κ1) is 22.3. The molecule has 1 unspecified atom stereocenters. The summed E-state index contributed by atoms with van der Waals surface area (Å²) < 4.78 is 27.4. The first-order valence-electron chi connectivity index (χ1n) is 10.8. The van der Waals surface area contributed by atoms with Gasteiger partial charge in [-0.3, -0.25) is 9.69 Å². The largest absolute Gasteiger partial charge is 0.352 e. The lowest BCUT2D eigenvalue weighted by Crippen LogP contribution is -2.51. The van der Waals surface area contributed by atoms with Gasteiger partial charge in [0, 0.05) is 37.2 Å². The molecular formula is C23H28ClN3O3S. The van der Waals surface area contributed by atoms with Gasteiger partial charge >= 0.3 is 0 Å². The van der Waals surface area contributed by atoms with Crippen LogP contribution in [0.2, 0.25) is 5.02 Å². The van der Waals surface area contributed by atoms with Crippen LogP contribution in [-0.4, -0.2) is 55.2 Å². The molecule has 166 valence electrons. The molecular weight excluding hydrogens is 434 g/mol. The second kappa shape index (κ2) is 9.69. The molecule has 2 aromatic rings. The molecule has 1 amide bonds. The number of carbonyl (C=O) groups excluding carboxylic acids is 1. The highest BCUT2D eigenvalue weighted by molar-refractivity contribution is 7.89. The quantitative estimate of drug-likeness (QED) is 0.716. The summed E-state index contributed by atoms with van der Waals surface area (Å²) >= 11 is 5.95. The normalized spacial score (nSPS) is 21.3. The lowest BCUT2D eigenvalue weighted by atomic mass is 10.0. The van der Waals surface area contributed by atoms with E-state index in [1.165, 1.54) is 9.87 Å². The number of sulfonamides is 1. The standard InChI is InChI=1S/C23H28ClN3O3S/c24-19-10-8-18(9-11-19)17-26-15-12-20(13-16-26)25-23(28)22-7-4-14-27(22)31(29,30)21-5-2-1-3-6-21/h1-3,5-6,8-11,20,22H,4,7,12-17H2,(H,25,28). The van der Waals surface area contributed by atoms with Crippen LogP contribution in [0.15, 0.2) is 59.5 Å². The zero-order valence-electron chi connectivity index (χ0n) is 17.4. The SMILES string of the molecule is O=C(NC1CCN(Cc2ccc(Cl)cc2)CC1)C1CCCN1S(=O)(=O)c1ccccc1. The fourth-order valence-electron chi connectivity index (χ4n) is 4.40. The highest BCUT2D eigenvalue weighted by Gasteiger charge is 2.40. The average Bonchev–Trinajstić information content (AvgIpc) is 3.28. The number of carbonyl (C=O) groups is 1. The second-order valence-electron chi connectivity index (χ2n) is 8.27. The van der Waals surface area contributed by atoms with Crippen LogP contribution in [0.1, 0.15) is 31.2 Å². The van der Waals surface area contributed by atoms with Crippen molar-refractivity contribution in [3.05, 3.63) is 65.2 Å². The van der Waals surface area contributed by atoms with Crippen LogP contribution in [0.25, 0.3) is 0 Å². The summed E-state index contributed by atoms with van der Waals surface area (Å²) in [6.45, 7) is 3.03. The summed E-state index contributed by atoms with van der Waals surface area (Å²) in [6, 6.07) is 15.7. The maximum absolute atomic E-state index is 13.0. The van der Waals surface area contributed by atoms with Crippen molar-refractivity contribution < 1.29 is 13.2 Å². The van der Waals surface area contributed by atoms with Crippen LogP contribution in [0.5, 0.6) is 0 Å². The highest BCUT2D eigenvalue weighted by Crippen LogP contribution is 2.26. The Hall–Kier alpha value is -1.93. The van der Waals surface area contributed by atoms with Crippen molar-refractivity contribution in [2.75, 3.05) is 19.6 Å². The Balaban J connectivity index is 1.32. The maximum atomic E-state index is 13.0. The van der Waals surface area contributed by atoms with Gasteiger partial charge in [0.25, 0.3) is 0 Å². The fourth-order valence-corrected chi connectivity index (χ4v) is 6.20. The van der Waals surface area contributed by atoms with Gasteiger partial charge in [-0.25, -0.2) is 8.42 Å². The summed E-state index contributed by atoms with van der Waals surface area (Å²) in [5.41, 5.74) is 1.22. The third kappa shape index (κ3) is 5.29. The van der Waals surface area contributed by atoms with Gasteiger partial charge in [-0.1, -0.05) is 41.9 Å². The lowest BCUT2D eigenvalue weighted by Gasteiger charge is -2.33. The van der Waals surface area contributed by atoms with Crippen molar-refractivity contribution >= 4 is 27.5 Å². The predicted octanol–water partition coefficient (Wildman–Crippen LogP) is 3.27. The molecule has 0 bridgehead atoms. The third-order valence-corrected chi connectivity index (χ3v) is 8.28. The van der Waals surface area contributed by atoms with E-state index in [2.05, 4.69) is 10.2 Å². The smallest absolute Gasteiger partial charge is 0.243 e. The Morgan fingerprint density at radius 1 is 0.968 bits per heavy atom. The molecule has 0 radical (unpaired) electrons. The van der Waals surface area contributed by atoms with E-state index in [0.717, 1.165) is 37.5 Å².